The van der Waals surface area contributed by atoms with Crippen LogP contribution in [0.15, 0.2) is 0 Å². The highest BCUT2D eigenvalue weighted by Gasteiger charge is 2.30. The normalized spacial score (nSPS) is 25.7. The molecule has 1 heterocycles. The Morgan fingerprint density at radius 2 is 2.11 bits per heavy atom. The van der Waals surface area contributed by atoms with Gasteiger partial charge in [-0.05, 0) is 46.3 Å². The van der Waals surface area contributed by atoms with E-state index in [9.17, 15) is 4.79 Å². The van der Waals surface area contributed by atoms with Gasteiger partial charge in [0.2, 0.25) is 5.91 Å². The van der Waals surface area contributed by atoms with E-state index in [4.69, 9.17) is 0 Å². The van der Waals surface area contributed by atoms with Crippen LogP contribution in [-0.4, -0.2) is 50.1 Å². The Labute approximate surface area is 111 Å². The first kappa shape index (κ1) is 15.4. The lowest BCUT2D eigenvalue weighted by Gasteiger charge is -2.26. The van der Waals surface area contributed by atoms with Crippen LogP contribution in [-0.2, 0) is 4.79 Å². The van der Waals surface area contributed by atoms with Gasteiger partial charge < -0.3 is 15.5 Å². The quantitative estimate of drug-likeness (QED) is 0.746. The van der Waals surface area contributed by atoms with Crippen molar-refractivity contribution in [2.24, 2.45) is 11.8 Å². The summed E-state index contributed by atoms with van der Waals surface area (Å²) in [5.41, 5.74) is 0. The van der Waals surface area contributed by atoms with Crippen LogP contribution in [0, 0.1) is 11.8 Å². The highest BCUT2D eigenvalue weighted by Crippen LogP contribution is 2.16. The lowest BCUT2D eigenvalue weighted by molar-refractivity contribution is -0.126. The zero-order valence-corrected chi connectivity index (χ0v) is 12.5. The molecule has 4 heteroatoms. The van der Waals surface area contributed by atoms with Crippen molar-refractivity contribution in [3.63, 3.8) is 0 Å². The molecule has 0 saturated carbocycles. The zero-order valence-electron chi connectivity index (χ0n) is 12.5. The molecule has 0 bridgehead atoms. The summed E-state index contributed by atoms with van der Waals surface area (Å²) in [6, 6.07) is 0.573. The lowest BCUT2D eigenvalue weighted by atomic mass is 9.98. The maximum Gasteiger partial charge on any atom is 0.224 e. The summed E-state index contributed by atoms with van der Waals surface area (Å²) in [5.74, 6) is 0.969. The molecule has 3 atom stereocenters. The molecule has 0 aromatic rings. The van der Waals surface area contributed by atoms with Crippen molar-refractivity contribution in [3.8, 4) is 0 Å². The van der Waals surface area contributed by atoms with Gasteiger partial charge in [-0.1, -0.05) is 13.8 Å². The summed E-state index contributed by atoms with van der Waals surface area (Å²) >= 11 is 0. The van der Waals surface area contributed by atoms with Gasteiger partial charge in [-0.15, -0.1) is 0 Å². The number of carbonyl (C=O) groups excluding carboxylic acids is 1. The molecule has 1 aliphatic rings. The van der Waals surface area contributed by atoms with Crippen molar-refractivity contribution in [1.82, 2.24) is 15.5 Å². The third-order valence-electron chi connectivity index (χ3n) is 3.55. The number of nitrogens with zero attached hydrogens (tertiary/aromatic N) is 1. The summed E-state index contributed by atoms with van der Waals surface area (Å²) in [6.45, 7) is 8.38. The Hall–Kier alpha value is -0.610. The van der Waals surface area contributed by atoms with Crippen molar-refractivity contribution in [1.29, 1.82) is 0 Å². The molecule has 0 aromatic heterocycles. The van der Waals surface area contributed by atoms with Crippen molar-refractivity contribution in [2.45, 2.75) is 45.7 Å². The number of carbonyl (C=O) groups is 1. The second-order valence-corrected chi connectivity index (χ2v) is 6.24. The smallest absolute Gasteiger partial charge is 0.224 e. The van der Waals surface area contributed by atoms with E-state index in [1.165, 1.54) is 0 Å². The summed E-state index contributed by atoms with van der Waals surface area (Å²) in [5, 5.41) is 6.57. The second-order valence-electron chi connectivity index (χ2n) is 6.24. The maximum absolute atomic E-state index is 12.3. The average Bonchev–Trinajstić information content (AvgIpc) is 2.61. The molecule has 1 saturated heterocycles. The number of rotatable bonds is 6. The highest BCUT2D eigenvalue weighted by molar-refractivity contribution is 5.80. The van der Waals surface area contributed by atoms with E-state index in [-0.39, 0.29) is 17.9 Å². The molecule has 0 aliphatic carbocycles. The van der Waals surface area contributed by atoms with E-state index >= 15 is 0 Å². The van der Waals surface area contributed by atoms with Gasteiger partial charge in [-0.2, -0.15) is 0 Å². The third-order valence-corrected chi connectivity index (χ3v) is 3.55. The SMILES string of the molecule is CC(C)CC(CN(C)C)NC(=O)C1CCNC1C. The van der Waals surface area contributed by atoms with E-state index in [2.05, 4.69) is 50.4 Å². The molecule has 2 N–H and O–H groups in total. The average molecular weight is 255 g/mol. The van der Waals surface area contributed by atoms with E-state index in [0.29, 0.717) is 12.0 Å². The van der Waals surface area contributed by atoms with Gasteiger partial charge in [0, 0.05) is 18.6 Å². The van der Waals surface area contributed by atoms with Crippen LogP contribution in [0.3, 0.4) is 0 Å². The Morgan fingerprint density at radius 1 is 1.44 bits per heavy atom. The minimum absolute atomic E-state index is 0.141. The van der Waals surface area contributed by atoms with Gasteiger partial charge in [0.1, 0.15) is 0 Å². The Kier molecular flexibility index (Phi) is 6.09. The maximum atomic E-state index is 12.3. The number of amides is 1. The molecule has 106 valence electrons. The van der Waals surface area contributed by atoms with E-state index in [1.807, 2.05) is 0 Å². The van der Waals surface area contributed by atoms with Gasteiger partial charge in [-0.3, -0.25) is 4.79 Å². The Bertz CT molecular complexity index is 256. The standard InChI is InChI=1S/C14H29N3O/c1-10(2)8-12(9-17(4)5)16-14(18)13-6-7-15-11(13)3/h10-13,15H,6-9H2,1-5H3,(H,16,18). The number of hydrogen-bond donors (Lipinski definition) is 2. The zero-order chi connectivity index (χ0) is 13.7. The number of hydrogen-bond acceptors (Lipinski definition) is 3. The van der Waals surface area contributed by atoms with Crippen LogP contribution in [0.1, 0.15) is 33.6 Å². The van der Waals surface area contributed by atoms with Gasteiger partial charge in [0.25, 0.3) is 0 Å². The highest BCUT2D eigenvalue weighted by atomic mass is 16.2. The lowest BCUT2D eigenvalue weighted by Crippen LogP contribution is -2.46. The van der Waals surface area contributed by atoms with Crippen LogP contribution < -0.4 is 10.6 Å². The van der Waals surface area contributed by atoms with Gasteiger partial charge in [0.15, 0.2) is 0 Å². The molecule has 1 amide bonds. The predicted molar refractivity (Wildman–Crippen MR) is 75.5 cm³/mol. The minimum Gasteiger partial charge on any atom is -0.352 e. The first-order valence-electron chi connectivity index (χ1n) is 7.08. The number of likely N-dealkylation sites (N-methyl/N-ethyl adjacent to an activating group) is 1. The van der Waals surface area contributed by atoms with Crippen LogP contribution >= 0.6 is 0 Å². The predicted octanol–water partition coefficient (Wildman–Crippen LogP) is 1.08. The Balaban J connectivity index is 2.50. The molecule has 1 aliphatic heterocycles. The van der Waals surface area contributed by atoms with Crippen LogP contribution in [0.4, 0.5) is 0 Å². The van der Waals surface area contributed by atoms with E-state index in [1.54, 1.807) is 0 Å². The van der Waals surface area contributed by atoms with Crippen molar-refractivity contribution in [3.05, 3.63) is 0 Å². The first-order valence-corrected chi connectivity index (χ1v) is 7.08. The van der Waals surface area contributed by atoms with Crippen molar-refractivity contribution < 1.29 is 4.79 Å². The third kappa shape index (κ3) is 4.94. The van der Waals surface area contributed by atoms with Crippen molar-refractivity contribution >= 4 is 5.91 Å². The fourth-order valence-electron chi connectivity index (χ4n) is 2.71. The van der Waals surface area contributed by atoms with Crippen molar-refractivity contribution in [2.75, 3.05) is 27.2 Å². The van der Waals surface area contributed by atoms with Crippen LogP contribution in [0.2, 0.25) is 0 Å². The molecule has 4 nitrogen and oxygen atoms in total. The molecule has 1 fully saturated rings. The number of nitrogens with one attached hydrogen (secondary N) is 2. The monoisotopic (exact) mass is 255 g/mol. The van der Waals surface area contributed by atoms with Gasteiger partial charge in [0.05, 0.1) is 5.92 Å². The van der Waals surface area contributed by atoms with Gasteiger partial charge >= 0.3 is 0 Å². The van der Waals surface area contributed by atoms with Crippen LogP contribution in [0.25, 0.3) is 0 Å². The summed E-state index contributed by atoms with van der Waals surface area (Å²) in [6.07, 6.45) is 2.00. The molecular formula is C14H29N3O. The van der Waals surface area contributed by atoms with Gasteiger partial charge in [-0.25, -0.2) is 0 Å². The molecule has 0 radical (unpaired) electrons. The van der Waals surface area contributed by atoms with E-state index in [0.717, 1.165) is 25.9 Å². The largest absolute Gasteiger partial charge is 0.352 e. The summed E-state index contributed by atoms with van der Waals surface area (Å²) in [7, 11) is 4.11. The molecule has 0 aromatic carbocycles. The molecule has 3 unspecified atom stereocenters. The summed E-state index contributed by atoms with van der Waals surface area (Å²) < 4.78 is 0. The molecule has 0 spiro atoms. The first-order chi connectivity index (χ1) is 8.40. The Morgan fingerprint density at radius 3 is 2.56 bits per heavy atom. The molecular weight excluding hydrogens is 226 g/mol. The topological polar surface area (TPSA) is 44.4 Å². The van der Waals surface area contributed by atoms with Crippen LogP contribution in [0.5, 0.6) is 0 Å². The molecule has 1 rings (SSSR count). The van der Waals surface area contributed by atoms with E-state index < -0.39 is 0 Å². The minimum atomic E-state index is 0.141. The second kappa shape index (κ2) is 7.10. The fourth-order valence-corrected chi connectivity index (χ4v) is 2.71. The fraction of sp³-hybridized carbons (Fsp3) is 0.929. The summed E-state index contributed by atoms with van der Waals surface area (Å²) in [4.78, 5) is 14.4. The molecule has 18 heavy (non-hydrogen) atoms.